The molecule has 2 N–H and O–H groups in total. The van der Waals surface area contributed by atoms with Gasteiger partial charge in [-0.3, -0.25) is 14.5 Å². The van der Waals surface area contributed by atoms with Crippen molar-refractivity contribution in [1.82, 2.24) is 10.2 Å². The molecule has 6 heteroatoms. The van der Waals surface area contributed by atoms with Gasteiger partial charge in [0.25, 0.3) is 0 Å². The molecule has 0 aromatic heterocycles. The summed E-state index contributed by atoms with van der Waals surface area (Å²) in [5.74, 6) is -1.23. The van der Waals surface area contributed by atoms with Crippen LogP contribution in [-0.2, 0) is 14.3 Å². The van der Waals surface area contributed by atoms with Gasteiger partial charge in [0.2, 0.25) is 0 Å². The Bertz CT molecular complexity index is 283. The lowest BCUT2D eigenvalue weighted by atomic mass is 10.1. The standard InChI is InChI=1S/C11H20N2O4/c1-3-8(11(16)17-4-2)13-6-5-12-7-9(13)10(14)15/h8-9,12H,3-7H2,1-2H3,(H,14,15). The van der Waals surface area contributed by atoms with Gasteiger partial charge in [-0.25, -0.2) is 0 Å². The number of hydrogen-bond acceptors (Lipinski definition) is 5. The van der Waals surface area contributed by atoms with Gasteiger partial charge in [0.05, 0.1) is 6.61 Å². The van der Waals surface area contributed by atoms with Gasteiger partial charge in [-0.1, -0.05) is 6.92 Å². The number of aliphatic carboxylic acids is 1. The van der Waals surface area contributed by atoms with Crippen molar-refractivity contribution in [3.63, 3.8) is 0 Å². The molecule has 0 saturated carbocycles. The van der Waals surface area contributed by atoms with Crippen molar-refractivity contribution in [1.29, 1.82) is 0 Å². The van der Waals surface area contributed by atoms with Gasteiger partial charge in [0, 0.05) is 19.6 Å². The molecule has 0 radical (unpaired) electrons. The summed E-state index contributed by atoms with van der Waals surface area (Å²) >= 11 is 0. The Balaban J connectivity index is 2.76. The maximum Gasteiger partial charge on any atom is 0.323 e. The van der Waals surface area contributed by atoms with Gasteiger partial charge < -0.3 is 15.2 Å². The first-order valence-corrected chi connectivity index (χ1v) is 5.97. The first-order valence-electron chi connectivity index (χ1n) is 5.97. The molecular formula is C11H20N2O4. The smallest absolute Gasteiger partial charge is 0.323 e. The minimum Gasteiger partial charge on any atom is -0.480 e. The van der Waals surface area contributed by atoms with E-state index in [0.717, 1.165) is 0 Å². The van der Waals surface area contributed by atoms with Crippen molar-refractivity contribution in [2.45, 2.75) is 32.4 Å². The number of nitrogens with one attached hydrogen (secondary N) is 1. The predicted molar refractivity (Wildman–Crippen MR) is 61.7 cm³/mol. The van der Waals surface area contributed by atoms with Crippen LogP contribution in [0.5, 0.6) is 0 Å². The maximum absolute atomic E-state index is 11.8. The highest BCUT2D eigenvalue weighted by molar-refractivity contribution is 5.79. The van der Waals surface area contributed by atoms with E-state index >= 15 is 0 Å². The topological polar surface area (TPSA) is 78.9 Å². The number of carbonyl (C=O) groups is 2. The highest BCUT2D eigenvalue weighted by atomic mass is 16.5. The molecule has 1 rings (SSSR count). The Morgan fingerprint density at radius 3 is 2.76 bits per heavy atom. The Morgan fingerprint density at radius 2 is 2.24 bits per heavy atom. The third-order valence-corrected chi connectivity index (χ3v) is 2.92. The number of carbonyl (C=O) groups excluding carboxylic acids is 1. The second-order valence-corrected chi connectivity index (χ2v) is 3.97. The summed E-state index contributed by atoms with van der Waals surface area (Å²) in [4.78, 5) is 24.6. The molecule has 1 heterocycles. The fourth-order valence-electron chi connectivity index (χ4n) is 2.10. The number of carboxylic acid groups (broad SMARTS) is 1. The van der Waals surface area contributed by atoms with Crippen molar-refractivity contribution in [2.24, 2.45) is 0 Å². The first kappa shape index (κ1) is 13.9. The largest absolute Gasteiger partial charge is 0.480 e. The average molecular weight is 244 g/mol. The van der Waals surface area contributed by atoms with Crippen LogP contribution in [0.4, 0.5) is 0 Å². The zero-order valence-electron chi connectivity index (χ0n) is 10.3. The molecule has 0 bridgehead atoms. The van der Waals surface area contributed by atoms with Crippen molar-refractivity contribution in [3.8, 4) is 0 Å². The number of ether oxygens (including phenoxy) is 1. The molecule has 0 aliphatic carbocycles. The lowest BCUT2D eigenvalue weighted by molar-refractivity contribution is -0.155. The van der Waals surface area contributed by atoms with Crippen molar-refractivity contribution >= 4 is 11.9 Å². The molecule has 2 atom stereocenters. The molecule has 1 aliphatic heterocycles. The molecule has 0 amide bonds. The van der Waals surface area contributed by atoms with E-state index in [1.807, 2.05) is 6.92 Å². The number of nitrogens with zero attached hydrogens (tertiary/aromatic N) is 1. The quantitative estimate of drug-likeness (QED) is 0.646. The Kier molecular flexibility index (Phi) is 5.37. The van der Waals surface area contributed by atoms with E-state index in [0.29, 0.717) is 32.7 Å². The van der Waals surface area contributed by atoms with Crippen molar-refractivity contribution < 1.29 is 19.4 Å². The number of piperazine rings is 1. The number of carboxylic acids is 1. The molecule has 1 fully saturated rings. The van der Waals surface area contributed by atoms with E-state index in [2.05, 4.69) is 5.32 Å². The lowest BCUT2D eigenvalue weighted by Crippen LogP contribution is -2.60. The summed E-state index contributed by atoms with van der Waals surface area (Å²) in [6, 6.07) is -1.11. The van der Waals surface area contributed by atoms with Crippen LogP contribution in [0, 0.1) is 0 Å². The van der Waals surface area contributed by atoms with Crippen molar-refractivity contribution in [2.75, 3.05) is 26.2 Å². The zero-order chi connectivity index (χ0) is 12.8. The molecule has 6 nitrogen and oxygen atoms in total. The molecule has 0 aromatic rings. The van der Waals surface area contributed by atoms with Gasteiger partial charge in [-0.2, -0.15) is 0 Å². The van der Waals surface area contributed by atoms with Gasteiger partial charge in [-0.15, -0.1) is 0 Å². The van der Waals surface area contributed by atoms with E-state index in [1.165, 1.54) is 0 Å². The normalized spacial score (nSPS) is 23.1. The van der Waals surface area contributed by atoms with Crippen LogP contribution < -0.4 is 5.32 Å². The molecule has 17 heavy (non-hydrogen) atoms. The number of rotatable bonds is 5. The van der Waals surface area contributed by atoms with Gasteiger partial charge >= 0.3 is 11.9 Å². The summed E-state index contributed by atoms with van der Waals surface area (Å²) < 4.78 is 4.98. The van der Waals surface area contributed by atoms with Crippen molar-refractivity contribution in [3.05, 3.63) is 0 Å². The second kappa shape index (κ2) is 6.56. The molecule has 98 valence electrons. The maximum atomic E-state index is 11.8. The van der Waals surface area contributed by atoms with Gasteiger partial charge in [-0.05, 0) is 13.3 Å². The third kappa shape index (κ3) is 3.41. The molecule has 0 aromatic carbocycles. The molecule has 0 spiro atoms. The fraction of sp³-hybridized carbons (Fsp3) is 0.818. The van der Waals surface area contributed by atoms with Crippen LogP contribution in [0.15, 0.2) is 0 Å². The minimum absolute atomic E-state index is 0.319. The summed E-state index contributed by atoms with van der Waals surface area (Å²) in [7, 11) is 0. The monoisotopic (exact) mass is 244 g/mol. The second-order valence-electron chi connectivity index (χ2n) is 3.97. The SMILES string of the molecule is CCOC(=O)C(CC)N1CCNCC1C(=O)O. The summed E-state index contributed by atoms with van der Waals surface area (Å²) in [6.07, 6.45) is 0.558. The van der Waals surface area contributed by atoms with Crippen LogP contribution in [0.2, 0.25) is 0 Å². The third-order valence-electron chi connectivity index (χ3n) is 2.92. The van der Waals surface area contributed by atoms with E-state index in [9.17, 15) is 9.59 Å². The highest BCUT2D eigenvalue weighted by Crippen LogP contribution is 2.13. The minimum atomic E-state index is -0.903. The molecular weight excluding hydrogens is 224 g/mol. The molecule has 1 saturated heterocycles. The van der Waals surface area contributed by atoms with Gasteiger partial charge in [0.1, 0.15) is 12.1 Å². The number of hydrogen-bond donors (Lipinski definition) is 2. The fourth-order valence-corrected chi connectivity index (χ4v) is 2.10. The average Bonchev–Trinajstić information content (AvgIpc) is 2.31. The van der Waals surface area contributed by atoms with Crippen LogP contribution in [-0.4, -0.2) is 60.3 Å². The van der Waals surface area contributed by atoms with E-state index in [1.54, 1.807) is 11.8 Å². The van der Waals surface area contributed by atoms with Crippen LogP contribution in [0.3, 0.4) is 0 Å². The molecule has 2 unspecified atom stereocenters. The van der Waals surface area contributed by atoms with E-state index in [4.69, 9.17) is 9.84 Å². The Morgan fingerprint density at radius 1 is 1.53 bits per heavy atom. The number of esters is 1. The summed E-state index contributed by atoms with van der Waals surface area (Å²) in [6.45, 7) is 5.54. The van der Waals surface area contributed by atoms with Crippen LogP contribution in [0.1, 0.15) is 20.3 Å². The predicted octanol–water partition coefficient (Wildman–Crippen LogP) is -0.313. The Labute approximate surface area is 101 Å². The van der Waals surface area contributed by atoms with E-state index in [-0.39, 0.29) is 5.97 Å². The van der Waals surface area contributed by atoms with E-state index < -0.39 is 18.1 Å². The van der Waals surface area contributed by atoms with Gasteiger partial charge in [0.15, 0.2) is 0 Å². The molecule has 1 aliphatic rings. The highest BCUT2D eigenvalue weighted by Gasteiger charge is 2.36. The van der Waals surface area contributed by atoms with Crippen LogP contribution in [0.25, 0.3) is 0 Å². The first-order chi connectivity index (χ1) is 8.11. The van der Waals surface area contributed by atoms with Crippen LogP contribution >= 0.6 is 0 Å². The lowest BCUT2D eigenvalue weighted by Gasteiger charge is -2.37. The summed E-state index contributed by atoms with van der Waals surface area (Å²) in [5, 5.41) is 12.2. The zero-order valence-corrected chi connectivity index (χ0v) is 10.3. The Hall–Kier alpha value is -1.14. The summed E-state index contributed by atoms with van der Waals surface area (Å²) in [5.41, 5.74) is 0.